The molecule has 1 aromatic carbocycles. The van der Waals surface area contributed by atoms with E-state index in [1.165, 1.54) is 25.7 Å². The Bertz CT molecular complexity index is 541. The molecule has 0 heterocycles. The number of primary amides is 1. The van der Waals surface area contributed by atoms with Crippen LogP contribution in [0.1, 0.15) is 62.4 Å². The van der Waals surface area contributed by atoms with Crippen molar-refractivity contribution < 1.29 is 4.79 Å². The molecule has 0 saturated heterocycles. The van der Waals surface area contributed by atoms with Gasteiger partial charge >= 0.3 is 0 Å². The van der Waals surface area contributed by atoms with Crippen molar-refractivity contribution in [2.24, 2.45) is 16.1 Å². The minimum absolute atomic E-state index is 0. The average molecular weight is 460 g/mol. The fourth-order valence-electron chi connectivity index (χ4n) is 2.46. The second-order valence-electron chi connectivity index (χ2n) is 6.96. The lowest BCUT2D eigenvalue weighted by Gasteiger charge is -2.26. The highest BCUT2D eigenvalue weighted by molar-refractivity contribution is 14.0. The zero-order valence-corrected chi connectivity index (χ0v) is 18.2. The Morgan fingerprint density at radius 3 is 2.32 bits per heavy atom. The van der Waals surface area contributed by atoms with Gasteiger partial charge < -0.3 is 16.4 Å². The lowest BCUT2D eigenvalue weighted by molar-refractivity contribution is 0.100. The highest BCUT2D eigenvalue weighted by Crippen LogP contribution is 2.22. The van der Waals surface area contributed by atoms with Gasteiger partial charge in [-0.1, -0.05) is 52.2 Å². The van der Waals surface area contributed by atoms with Gasteiger partial charge in [0.25, 0.3) is 0 Å². The first-order valence-electron chi connectivity index (χ1n) is 8.71. The summed E-state index contributed by atoms with van der Waals surface area (Å²) in [5, 5.41) is 6.70. The summed E-state index contributed by atoms with van der Waals surface area (Å²) < 4.78 is 0. The van der Waals surface area contributed by atoms with E-state index < -0.39 is 5.91 Å². The summed E-state index contributed by atoms with van der Waals surface area (Å²) in [7, 11) is 1.77. The molecule has 0 saturated carbocycles. The maximum Gasteiger partial charge on any atom is 0.248 e. The fraction of sp³-hybridized carbons (Fsp3) is 0.579. The van der Waals surface area contributed by atoms with Gasteiger partial charge in [-0.3, -0.25) is 9.79 Å². The van der Waals surface area contributed by atoms with Crippen molar-refractivity contribution in [2.75, 3.05) is 13.6 Å². The Labute approximate surface area is 169 Å². The summed E-state index contributed by atoms with van der Waals surface area (Å²) in [5.74, 6) is 0.384. The second-order valence-corrected chi connectivity index (χ2v) is 6.96. The van der Waals surface area contributed by atoms with Gasteiger partial charge in [-0.2, -0.15) is 0 Å². The van der Waals surface area contributed by atoms with Crippen LogP contribution in [-0.2, 0) is 6.54 Å². The van der Waals surface area contributed by atoms with Gasteiger partial charge in [-0.05, 0) is 29.5 Å². The number of halogens is 1. The summed E-state index contributed by atoms with van der Waals surface area (Å²) in [6.07, 6.45) is 5.02. The number of guanidine groups is 1. The third kappa shape index (κ3) is 9.67. The molecule has 0 aliphatic heterocycles. The van der Waals surface area contributed by atoms with Crippen LogP contribution in [0.5, 0.6) is 0 Å². The minimum atomic E-state index is -0.405. The predicted molar refractivity (Wildman–Crippen MR) is 116 cm³/mol. The number of benzene rings is 1. The van der Waals surface area contributed by atoms with E-state index in [0.29, 0.717) is 12.1 Å². The Kier molecular flexibility index (Phi) is 11.5. The second kappa shape index (κ2) is 12.1. The number of nitrogens with zero attached hydrogens (tertiary/aromatic N) is 1. The number of carbonyl (C=O) groups is 1. The van der Waals surface area contributed by atoms with Crippen molar-refractivity contribution in [1.29, 1.82) is 0 Å². The first kappa shape index (κ1) is 23.7. The predicted octanol–water partition coefficient (Wildman–Crippen LogP) is 3.68. The Morgan fingerprint density at radius 1 is 1.16 bits per heavy atom. The van der Waals surface area contributed by atoms with Crippen LogP contribution < -0.4 is 16.4 Å². The molecule has 1 amide bonds. The van der Waals surface area contributed by atoms with Crippen molar-refractivity contribution in [3.8, 4) is 0 Å². The number of nitrogens with two attached hydrogens (primary N) is 1. The van der Waals surface area contributed by atoms with Gasteiger partial charge in [0.15, 0.2) is 5.96 Å². The molecule has 0 atom stereocenters. The number of hydrogen-bond donors (Lipinski definition) is 3. The van der Waals surface area contributed by atoms with Crippen molar-refractivity contribution in [3.63, 3.8) is 0 Å². The van der Waals surface area contributed by atoms with Crippen LogP contribution in [0, 0.1) is 5.41 Å². The van der Waals surface area contributed by atoms with E-state index in [0.717, 1.165) is 18.1 Å². The number of hydrogen-bond acceptors (Lipinski definition) is 2. The SMILES string of the molecule is CCCCCC(C)(C)CNC(=NC)NCc1ccc(C(N)=O)cc1.I. The largest absolute Gasteiger partial charge is 0.366 e. The molecule has 0 fully saturated rings. The molecule has 0 radical (unpaired) electrons. The standard InChI is InChI=1S/C19H32N4O.HI/c1-5-6-7-12-19(2,3)14-23-18(21-4)22-13-15-8-10-16(11-9-15)17(20)24;/h8-11H,5-7,12-14H2,1-4H3,(H2,20,24)(H2,21,22,23);1H. The van der Waals surface area contributed by atoms with E-state index in [1.54, 1.807) is 19.2 Å². The average Bonchev–Trinajstić information content (AvgIpc) is 2.55. The zero-order valence-electron chi connectivity index (χ0n) is 15.9. The van der Waals surface area contributed by atoms with Gasteiger partial charge in [0, 0.05) is 25.7 Å². The summed E-state index contributed by atoms with van der Waals surface area (Å²) >= 11 is 0. The highest BCUT2D eigenvalue weighted by Gasteiger charge is 2.17. The molecule has 0 spiro atoms. The molecule has 6 heteroatoms. The van der Waals surface area contributed by atoms with Crippen LogP contribution in [0.25, 0.3) is 0 Å². The third-order valence-electron chi connectivity index (χ3n) is 4.11. The van der Waals surface area contributed by atoms with Crippen molar-refractivity contribution >= 4 is 35.8 Å². The Balaban J connectivity index is 0.00000576. The number of rotatable bonds is 9. The molecule has 142 valence electrons. The number of aliphatic imine (C=N–C) groups is 1. The number of nitrogens with one attached hydrogen (secondary N) is 2. The smallest absolute Gasteiger partial charge is 0.248 e. The molecule has 0 bridgehead atoms. The topological polar surface area (TPSA) is 79.5 Å². The van der Waals surface area contributed by atoms with Crippen molar-refractivity contribution in [2.45, 2.75) is 53.0 Å². The Morgan fingerprint density at radius 2 is 1.80 bits per heavy atom. The van der Waals surface area contributed by atoms with Crippen LogP contribution >= 0.6 is 24.0 Å². The summed E-state index contributed by atoms with van der Waals surface area (Å²) in [6, 6.07) is 7.28. The first-order valence-corrected chi connectivity index (χ1v) is 8.71. The van der Waals surface area contributed by atoms with Gasteiger partial charge in [-0.15, -0.1) is 24.0 Å². The molecule has 0 aliphatic rings. The summed E-state index contributed by atoms with van der Waals surface area (Å²) in [6.45, 7) is 8.33. The first-order chi connectivity index (χ1) is 11.4. The normalized spacial score (nSPS) is 11.6. The van der Waals surface area contributed by atoms with Gasteiger partial charge in [0.2, 0.25) is 5.91 Å². The van der Waals surface area contributed by atoms with Gasteiger partial charge in [0.05, 0.1) is 0 Å². The monoisotopic (exact) mass is 460 g/mol. The number of amides is 1. The highest BCUT2D eigenvalue weighted by atomic mass is 127. The van der Waals surface area contributed by atoms with Crippen LogP contribution in [0.3, 0.4) is 0 Å². The van der Waals surface area contributed by atoms with E-state index in [1.807, 2.05) is 12.1 Å². The summed E-state index contributed by atoms with van der Waals surface area (Å²) in [4.78, 5) is 15.3. The molecule has 1 aromatic rings. The van der Waals surface area contributed by atoms with Gasteiger partial charge in [-0.25, -0.2) is 0 Å². The van der Waals surface area contributed by atoms with Crippen molar-refractivity contribution in [3.05, 3.63) is 35.4 Å². The number of carbonyl (C=O) groups excluding carboxylic acids is 1. The van der Waals surface area contributed by atoms with E-state index in [2.05, 4.69) is 36.4 Å². The molecular formula is C19H33IN4O. The fourth-order valence-corrected chi connectivity index (χ4v) is 2.46. The molecule has 0 aromatic heterocycles. The van der Waals surface area contributed by atoms with E-state index >= 15 is 0 Å². The van der Waals surface area contributed by atoms with E-state index in [-0.39, 0.29) is 29.4 Å². The molecule has 0 aliphatic carbocycles. The van der Waals surface area contributed by atoms with Gasteiger partial charge in [0.1, 0.15) is 0 Å². The maximum atomic E-state index is 11.1. The van der Waals surface area contributed by atoms with Crippen molar-refractivity contribution in [1.82, 2.24) is 10.6 Å². The molecule has 1 rings (SSSR count). The summed E-state index contributed by atoms with van der Waals surface area (Å²) in [5.41, 5.74) is 7.09. The van der Waals surface area contributed by atoms with Crippen LogP contribution in [-0.4, -0.2) is 25.5 Å². The molecule has 0 unspecified atom stereocenters. The molecular weight excluding hydrogens is 427 g/mol. The number of unbranched alkanes of at least 4 members (excludes halogenated alkanes) is 2. The zero-order chi connectivity index (χ0) is 18.0. The Hall–Kier alpha value is -1.31. The lowest BCUT2D eigenvalue weighted by atomic mass is 9.87. The minimum Gasteiger partial charge on any atom is -0.366 e. The molecule has 4 N–H and O–H groups in total. The van der Waals surface area contributed by atoms with E-state index in [4.69, 9.17) is 5.73 Å². The lowest BCUT2D eigenvalue weighted by Crippen LogP contribution is -2.41. The third-order valence-corrected chi connectivity index (χ3v) is 4.11. The van der Waals surface area contributed by atoms with Crippen LogP contribution in [0.4, 0.5) is 0 Å². The van der Waals surface area contributed by atoms with Crippen LogP contribution in [0.15, 0.2) is 29.3 Å². The molecule has 25 heavy (non-hydrogen) atoms. The van der Waals surface area contributed by atoms with E-state index in [9.17, 15) is 4.79 Å². The molecule has 5 nitrogen and oxygen atoms in total. The van der Waals surface area contributed by atoms with Crippen LogP contribution in [0.2, 0.25) is 0 Å². The quantitative estimate of drug-likeness (QED) is 0.228. The maximum absolute atomic E-state index is 11.1.